The second kappa shape index (κ2) is 5.80. The molecule has 4 nitrogen and oxygen atoms in total. The first kappa shape index (κ1) is 13.5. The van der Waals surface area contributed by atoms with Crippen molar-refractivity contribution in [1.29, 1.82) is 0 Å². The number of nitrogens with two attached hydrogens (primary N) is 1. The van der Waals surface area contributed by atoms with Gasteiger partial charge in [0.2, 0.25) is 0 Å². The fourth-order valence-corrected chi connectivity index (χ4v) is 2.01. The van der Waals surface area contributed by atoms with Gasteiger partial charge in [-0.15, -0.1) is 0 Å². The second-order valence-electron chi connectivity index (χ2n) is 4.55. The van der Waals surface area contributed by atoms with E-state index in [0.717, 1.165) is 11.3 Å². The van der Waals surface area contributed by atoms with Crippen LogP contribution >= 0.6 is 0 Å². The minimum atomic E-state index is 0.388. The number of hydrogen-bond donors (Lipinski definition) is 1. The minimum Gasteiger partial charge on any atom is -0.384 e. The number of nitrogen functional groups attached to an aromatic ring is 1. The van der Waals surface area contributed by atoms with E-state index in [1.165, 1.54) is 11.1 Å². The number of benzene rings is 1. The molecular formula is C15H19N3O. The lowest BCUT2D eigenvalue weighted by molar-refractivity contribution is 0.128. The van der Waals surface area contributed by atoms with Crippen LogP contribution in [0.2, 0.25) is 0 Å². The molecule has 19 heavy (non-hydrogen) atoms. The molecule has 1 aromatic heterocycles. The van der Waals surface area contributed by atoms with Crippen molar-refractivity contribution >= 4 is 5.82 Å². The monoisotopic (exact) mass is 257 g/mol. The van der Waals surface area contributed by atoms with E-state index in [1.807, 2.05) is 6.92 Å². The maximum absolute atomic E-state index is 5.84. The SMILES string of the molecule is CCOCc1nc(N)cc(-c2ccc(C)cc2C)n1. The number of aryl methyl sites for hydroxylation is 2. The third kappa shape index (κ3) is 3.29. The fourth-order valence-electron chi connectivity index (χ4n) is 2.01. The molecule has 2 rings (SSSR count). The van der Waals surface area contributed by atoms with Crippen LogP contribution in [-0.2, 0) is 11.3 Å². The summed E-state index contributed by atoms with van der Waals surface area (Å²) in [5.41, 5.74) is 10.2. The molecule has 1 heterocycles. The maximum Gasteiger partial charge on any atom is 0.157 e. The second-order valence-corrected chi connectivity index (χ2v) is 4.55. The Morgan fingerprint density at radius 2 is 1.95 bits per heavy atom. The third-order valence-electron chi connectivity index (χ3n) is 2.89. The van der Waals surface area contributed by atoms with Gasteiger partial charge in [0, 0.05) is 18.2 Å². The number of anilines is 1. The van der Waals surface area contributed by atoms with Gasteiger partial charge in [-0.1, -0.05) is 23.8 Å². The number of ether oxygens (including phenoxy) is 1. The van der Waals surface area contributed by atoms with Gasteiger partial charge in [-0.3, -0.25) is 0 Å². The normalized spacial score (nSPS) is 10.7. The van der Waals surface area contributed by atoms with Gasteiger partial charge in [-0.2, -0.15) is 0 Å². The first-order valence-corrected chi connectivity index (χ1v) is 6.39. The van der Waals surface area contributed by atoms with Gasteiger partial charge >= 0.3 is 0 Å². The molecule has 2 aromatic rings. The van der Waals surface area contributed by atoms with E-state index in [9.17, 15) is 0 Å². The van der Waals surface area contributed by atoms with Gasteiger partial charge in [0.1, 0.15) is 12.4 Å². The highest BCUT2D eigenvalue weighted by Crippen LogP contribution is 2.23. The zero-order valence-corrected chi connectivity index (χ0v) is 11.6. The van der Waals surface area contributed by atoms with Crippen molar-refractivity contribution in [3.8, 4) is 11.3 Å². The summed E-state index contributed by atoms with van der Waals surface area (Å²) in [6.45, 7) is 7.11. The predicted molar refractivity (Wildman–Crippen MR) is 76.7 cm³/mol. The van der Waals surface area contributed by atoms with Gasteiger partial charge in [0.25, 0.3) is 0 Å². The summed E-state index contributed by atoms with van der Waals surface area (Å²) in [7, 11) is 0. The number of rotatable bonds is 4. The minimum absolute atomic E-state index is 0.388. The Hall–Kier alpha value is -1.94. The van der Waals surface area contributed by atoms with Crippen molar-refractivity contribution in [3.05, 3.63) is 41.2 Å². The smallest absolute Gasteiger partial charge is 0.157 e. The van der Waals surface area contributed by atoms with E-state index in [0.29, 0.717) is 24.9 Å². The largest absolute Gasteiger partial charge is 0.384 e. The molecule has 0 aliphatic heterocycles. The predicted octanol–water partition coefficient (Wildman–Crippen LogP) is 2.88. The van der Waals surface area contributed by atoms with Gasteiger partial charge in [0.15, 0.2) is 5.82 Å². The number of nitrogens with zero attached hydrogens (tertiary/aromatic N) is 2. The van der Waals surface area contributed by atoms with Crippen LogP contribution in [0.3, 0.4) is 0 Å². The van der Waals surface area contributed by atoms with E-state index in [-0.39, 0.29) is 0 Å². The average molecular weight is 257 g/mol. The molecular weight excluding hydrogens is 238 g/mol. The van der Waals surface area contributed by atoms with E-state index < -0.39 is 0 Å². The van der Waals surface area contributed by atoms with Crippen molar-refractivity contribution in [2.45, 2.75) is 27.4 Å². The van der Waals surface area contributed by atoms with Gasteiger partial charge in [-0.25, -0.2) is 9.97 Å². The Morgan fingerprint density at radius 3 is 2.63 bits per heavy atom. The van der Waals surface area contributed by atoms with Crippen molar-refractivity contribution in [1.82, 2.24) is 9.97 Å². The van der Waals surface area contributed by atoms with Crippen molar-refractivity contribution in [2.24, 2.45) is 0 Å². The van der Waals surface area contributed by atoms with E-state index >= 15 is 0 Å². The summed E-state index contributed by atoms with van der Waals surface area (Å²) in [5, 5.41) is 0. The lowest BCUT2D eigenvalue weighted by Gasteiger charge is -2.09. The first-order chi connectivity index (χ1) is 9.10. The van der Waals surface area contributed by atoms with Crippen molar-refractivity contribution < 1.29 is 4.74 Å². The highest BCUT2D eigenvalue weighted by Gasteiger charge is 2.07. The summed E-state index contributed by atoms with van der Waals surface area (Å²) < 4.78 is 5.33. The summed E-state index contributed by atoms with van der Waals surface area (Å²) in [6, 6.07) is 8.07. The Bertz CT molecular complexity index is 582. The van der Waals surface area contributed by atoms with Gasteiger partial charge < -0.3 is 10.5 Å². The number of hydrogen-bond acceptors (Lipinski definition) is 4. The standard InChI is InChI=1S/C15H19N3O/c1-4-19-9-15-17-13(8-14(16)18-15)12-6-5-10(2)7-11(12)3/h5-8H,4,9H2,1-3H3,(H2,16,17,18). The molecule has 1 aromatic carbocycles. The van der Waals surface area contributed by atoms with Gasteiger partial charge in [0.05, 0.1) is 5.69 Å². The molecule has 4 heteroatoms. The van der Waals surface area contributed by atoms with Crippen LogP contribution in [0.5, 0.6) is 0 Å². The molecule has 0 aliphatic carbocycles. The molecule has 0 saturated carbocycles. The lowest BCUT2D eigenvalue weighted by atomic mass is 10.0. The Balaban J connectivity index is 2.41. The van der Waals surface area contributed by atoms with Crippen molar-refractivity contribution in [2.75, 3.05) is 12.3 Å². The Labute approximate surface area is 113 Å². The molecule has 0 bridgehead atoms. The molecule has 0 unspecified atom stereocenters. The van der Waals surface area contributed by atoms with Crippen LogP contribution in [0.15, 0.2) is 24.3 Å². The molecule has 2 N–H and O–H groups in total. The van der Waals surface area contributed by atoms with Crippen LogP contribution in [0.1, 0.15) is 23.9 Å². The van der Waals surface area contributed by atoms with E-state index in [1.54, 1.807) is 6.07 Å². The summed E-state index contributed by atoms with van der Waals surface area (Å²) in [5.74, 6) is 1.09. The highest BCUT2D eigenvalue weighted by atomic mass is 16.5. The summed E-state index contributed by atoms with van der Waals surface area (Å²) in [6.07, 6.45) is 0. The zero-order valence-electron chi connectivity index (χ0n) is 11.6. The topological polar surface area (TPSA) is 61.0 Å². The molecule has 0 aliphatic rings. The maximum atomic E-state index is 5.84. The van der Waals surface area contributed by atoms with Crippen molar-refractivity contribution in [3.63, 3.8) is 0 Å². The van der Waals surface area contributed by atoms with Crippen LogP contribution in [0.4, 0.5) is 5.82 Å². The van der Waals surface area contributed by atoms with Crippen LogP contribution < -0.4 is 5.73 Å². The van der Waals surface area contributed by atoms with Crippen LogP contribution in [0, 0.1) is 13.8 Å². The average Bonchev–Trinajstić information content (AvgIpc) is 2.35. The molecule has 0 atom stereocenters. The zero-order chi connectivity index (χ0) is 13.8. The third-order valence-corrected chi connectivity index (χ3v) is 2.89. The summed E-state index contributed by atoms with van der Waals surface area (Å²) in [4.78, 5) is 8.70. The lowest BCUT2D eigenvalue weighted by Crippen LogP contribution is -2.04. The Morgan fingerprint density at radius 1 is 1.16 bits per heavy atom. The fraction of sp³-hybridized carbons (Fsp3) is 0.333. The number of aromatic nitrogens is 2. The quantitative estimate of drug-likeness (QED) is 0.914. The first-order valence-electron chi connectivity index (χ1n) is 6.39. The summed E-state index contributed by atoms with van der Waals surface area (Å²) >= 11 is 0. The molecule has 100 valence electrons. The van der Waals surface area contributed by atoms with Crippen LogP contribution in [0.25, 0.3) is 11.3 Å². The highest BCUT2D eigenvalue weighted by molar-refractivity contribution is 5.66. The molecule has 0 fully saturated rings. The van der Waals surface area contributed by atoms with E-state index in [4.69, 9.17) is 10.5 Å². The molecule has 0 amide bonds. The van der Waals surface area contributed by atoms with Gasteiger partial charge in [-0.05, 0) is 26.3 Å². The molecule has 0 radical (unpaired) electrons. The molecule has 0 saturated heterocycles. The van der Waals surface area contributed by atoms with E-state index in [2.05, 4.69) is 42.0 Å². The Kier molecular flexibility index (Phi) is 4.12. The molecule has 0 spiro atoms. The van der Waals surface area contributed by atoms with Crippen LogP contribution in [-0.4, -0.2) is 16.6 Å².